The molecule has 252 valence electrons. The Hall–Kier alpha value is -3.19. The summed E-state index contributed by atoms with van der Waals surface area (Å²) in [6.07, 6.45) is -4.92. The molecule has 0 aliphatic rings. The summed E-state index contributed by atoms with van der Waals surface area (Å²) >= 11 is 0. The lowest BCUT2D eigenvalue weighted by Crippen LogP contribution is -2.69. The first-order valence-electron chi connectivity index (χ1n) is 15.7. The molecule has 0 spiro atoms. The summed E-state index contributed by atoms with van der Waals surface area (Å²) < 4.78 is 49.1. The van der Waals surface area contributed by atoms with Crippen molar-refractivity contribution in [3.8, 4) is 0 Å². The number of aliphatic hydroxyl groups excluding tert-OH is 2. The Morgan fingerprint density at radius 2 is 0.979 bits per heavy atom. The van der Waals surface area contributed by atoms with Crippen LogP contribution in [0.25, 0.3) is 0 Å². The van der Waals surface area contributed by atoms with Crippen LogP contribution in [-0.2, 0) is 41.4 Å². The van der Waals surface area contributed by atoms with E-state index in [0.717, 1.165) is 27.8 Å². The highest BCUT2D eigenvalue weighted by Gasteiger charge is 2.53. The van der Waals surface area contributed by atoms with Crippen LogP contribution >= 0.6 is 0 Å². The maximum atomic E-state index is 12.3. The van der Waals surface area contributed by atoms with Crippen molar-refractivity contribution in [3.63, 3.8) is 0 Å². The van der Waals surface area contributed by atoms with Crippen molar-refractivity contribution in [1.29, 1.82) is 0 Å². The van der Waals surface area contributed by atoms with Crippen LogP contribution in [0.1, 0.15) is 31.9 Å². The van der Waals surface area contributed by atoms with Crippen LogP contribution in [0.4, 0.5) is 0 Å². The molecule has 4 aromatic rings. The first-order valence-corrected chi connectivity index (χ1v) is 19.4. The van der Waals surface area contributed by atoms with Crippen molar-refractivity contribution in [3.05, 3.63) is 132 Å². The second-order valence-electron chi connectivity index (χ2n) is 12.6. The molecule has 0 aromatic heterocycles. The summed E-state index contributed by atoms with van der Waals surface area (Å²) in [4.78, 5) is 0. The first-order chi connectivity index (χ1) is 22.4. The van der Waals surface area contributed by atoms with Gasteiger partial charge in [-0.05, 0) is 26.5 Å². The lowest BCUT2D eigenvalue weighted by atomic mass is 10.0. The molecule has 0 aliphatic heterocycles. The van der Waals surface area contributed by atoms with Gasteiger partial charge >= 0.3 is 0 Å². The van der Waals surface area contributed by atoms with Crippen LogP contribution in [0.5, 0.6) is 0 Å². The Morgan fingerprint density at radius 3 is 1.36 bits per heavy atom. The zero-order valence-corrected chi connectivity index (χ0v) is 29.3. The molecule has 0 unspecified atom stereocenters. The Morgan fingerprint density at radius 1 is 0.617 bits per heavy atom. The first kappa shape index (κ1) is 36.6. The van der Waals surface area contributed by atoms with E-state index in [2.05, 4.69) is 20.8 Å². The molecule has 0 bridgehead atoms. The molecule has 47 heavy (non-hydrogen) atoms. The van der Waals surface area contributed by atoms with Gasteiger partial charge in [0.15, 0.2) is 0 Å². The minimum Gasteiger partial charge on any atom is -0.399 e. The SMILES string of the molecule is CC(C)(C)[Si](O[C@H](COCc1ccccc1)[C@@H](O)[C@H](O)[C@@H](COCc1ccccc1)OS(C)(=O)=O)(c1ccccc1)c1ccccc1. The second-order valence-corrected chi connectivity index (χ2v) is 18.5. The fourth-order valence-electron chi connectivity index (χ4n) is 5.70. The highest BCUT2D eigenvalue weighted by atomic mass is 32.2. The smallest absolute Gasteiger partial charge is 0.264 e. The van der Waals surface area contributed by atoms with E-state index < -0.39 is 47.9 Å². The Bertz CT molecular complexity index is 1540. The van der Waals surface area contributed by atoms with Crippen molar-refractivity contribution in [2.24, 2.45) is 0 Å². The van der Waals surface area contributed by atoms with Gasteiger partial charge in [-0.2, -0.15) is 8.42 Å². The Labute approximate surface area is 280 Å². The third-order valence-corrected chi connectivity index (χ3v) is 13.6. The van der Waals surface area contributed by atoms with Crippen LogP contribution in [0, 0.1) is 0 Å². The molecule has 2 N–H and O–H groups in total. The van der Waals surface area contributed by atoms with Crippen LogP contribution < -0.4 is 10.4 Å². The summed E-state index contributed by atoms with van der Waals surface area (Å²) in [7, 11) is -7.28. The average Bonchev–Trinajstić information content (AvgIpc) is 3.06. The molecule has 0 radical (unpaired) electrons. The van der Waals surface area contributed by atoms with Gasteiger partial charge in [-0.3, -0.25) is 4.18 Å². The lowest BCUT2D eigenvalue weighted by Gasteiger charge is -2.46. The minimum absolute atomic E-state index is 0.0892. The van der Waals surface area contributed by atoms with Gasteiger partial charge in [0.05, 0.1) is 38.8 Å². The van der Waals surface area contributed by atoms with Crippen LogP contribution in [0.2, 0.25) is 5.04 Å². The van der Waals surface area contributed by atoms with E-state index in [0.29, 0.717) is 0 Å². The van der Waals surface area contributed by atoms with E-state index in [1.54, 1.807) is 0 Å². The third-order valence-electron chi connectivity index (χ3n) is 7.94. The van der Waals surface area contributed by atoms with E-state index in [1.807, 2.05) is 121 Å². The minimum atomic E-state index is -4.03. The van der Waals surface area contributed by atoms with Crippen molar-refractivity contribution >= 4 is 28.8 Å². The molecule has 4 rings (SSSR count). The quantitative estimate of drug-likeness (QED) is 0.125. The maximum absolute atomic E-state index is 12.3. The molecule has 0 aliphatic carbocycles. The van der Waals surface area contributed by atoms with Gasteiger partial charge in [-0.1, -0.05) is 142 Å². The van der Waals surface area contributed by atoms with Crippen LogP contribution in [0.3, 0.4) is 0 Å². The second kappa shape index (κ2) is 16.8. The largest absolute Gasteiger partial charge is 0.399 e. The van der Waals surface area contributed by atoms with Crippen molar-refractivity contribution in [2.75, 3.05) is 19.5 Å². The zero-order valence-electron chi connectivity index (χ0n) is 27.4. The predicted octanol–water partition coefficient (Wildman–Crippen LogP) is 4.43. The van der Waals surface area contributed by atoms with Gasteiger partial charge in [0, 0.05) is 0 Å². The molecule has 0 saturated carbocycles. The summed E-state index contributed by atoms with van der Waals surface area (Å²) in [5.41, 5.74) is 1.79. The maximum Gasteiger partial charge on any atom is 0.264 e. The Balaban J connectivity index is 1.70. The summed E-state index contributed by atoms with van der Waals surface area (Å²) in [6.45, 7) is 6.35. The number of rotatable bonds is 17. The number of ether oxygens (including phenoxy) is 2. The summed E-state index contributed by atoms with van der Waals surface area (Å²) in [5, 5.41) is 25.1. The number of hydrogen-bond acceptors (Lipinski definition) is 8. The van der Waals surface area contributed by atoms with Crippen molar-refractivity contribution < 1.29 is 36.7 Å². The highest BCUT2D eigenvalue weighted by Crippen LogP contribution is 2.38. The van der Waals surface area contributed by atoms with Crippen molar-refractivity contribution in [1.82, 2.24) is 0 Å². The van der Waals surface area contributed by atoms with E-state index in [-0.39, 0.29) is 26.4 Å². The highest BCUT2D eigenvalue weighted by molar-refractivity contribution is 7.86. The Kier molecular flexibility index (Phi) is 13.1. The number of hydrogen-bond donors (Lipinski definition) is 2. The van der Waals surface area contributed by atoms with Gasteiger partial charge in [-0.25, -0.2) is 0 Å². The van der Waals surface area contributed by atoms with E-state index >= 15 is 0 Å². The van der Waals surface area contributed by atoms with Gasteiger partial charge in [0.25, 0.3) is 18.4 Å². The summed E-state index contributed by atoms with van der Waals surface area (Å²) in [5.74, 6) is 0. The molecule has 8 nitrogen and oxygen atoms in total. The molecule has 0 amide bonds. The van der Waals surface area contributed by atoms with E-state index in [1.165, 1.54) is 0 Å². The molecule has 0 saturated heterocycles. The van der Waals surface area contributed by atoms with Crippen molar-refractivity contribution in [2.45, 2.75) is 63.4 Å². The molecule has 4 atom stereocenters. The molecular weight excluding hydrogens is 633 g/mol. The standard InChI is InChI=1S/C37H46O8SSi/c1-37(2,3)47(31-21-13-7-14-22-31,32-23-15-8-16-24-32)45-34(28-43-26-30-19-11-6-12-20-30)36(39)35(38)33(44-46(4,40)41)27-42-25-29-17-9-5-10-18-29/h5-24,33-36,38-39H,25-28H2,1-4H3/t33-,34-,35-,36-/m1/s1. The molecule has 0 heterocycles. The number of aliphatic hydroxyl groups is 2. The number of benzene rings is 4. The normalized spacial score (nSPS) is 15.1. The van der Waals surface area contributed by atoms with Crippen LogP contribution in [0.15, 0.2) is 121 Å². The van der Waals surface area contributed by atoms with E-state index in [4.69, 9.17) is 18.1 Å². The monoisotopic (exact) mass is 678 g/mol. The average molecular weight is 679 g/mol. The van der Waals surface area contributed by atoms with Gasteiger partial charge < -0.3 is 24.1 Å². The third kappa shape index (κ3) is 10.1. The zero-order chi connectivity index (χ0) is 33.9. The van der Waals surface area contributed by atoms with Gasteiger partial charge in [0.2, 0.25) is 0 Å². The topological polar surface area (TPSA) is 112 Å². The van der Waals surface area contributed by atoms with Gasteiger partial charge in [-0.15, -0.1) is 0 Å². The fourth-order valence-corrected chi connectivity index (χ4v) is 11.0. The fraction of sp³-hybridized carbons (Fsp3) is 0.351. The molecule has 4 aromatic carbocycles. The molecular formula is C37H46O8SSi. The predicted molar refractivity (Wildman–Crippen MR) is 186 cm³/mol. The molecule has 10 heteroatoms. The van der Waals surface area contributed by atoms with Gasteiger partial charge in [0.1, 0.15) is 18.3 Å². The lowest BCUT2D eigenvalue weighted by molar-refractivity contribution is -0.124. The molecule has 0 fully saturated rings. The van der Waals surface area contributed by atoms with Crippen LogP contribution in [-0.4, -0.2) is 70.8 Å². The summed E-state index contributed by atoms with van der Waals surface area (Å²) in [6, 6.07) is 38.8. The van der Waals surface area contributed by atoms with E-state index in [9.17, 15) is 18.6 Å².